The highest BCUT2D eigenvalue weighted by Crippen LogP contribution is 2.37. The molecule has 1 heteroatoms. The smallest absolute Gasteiger partial charge is 0.127 e. The molecule has 0 amide bonds. The van der Waals surface area contributed by atoms with E-state index in [4.69, 9.17) is 4.74 Å². The zero-order valence-corrected chi connectivity index (χ0v) is 14.0. The third-order valence-corrected chi connectivity index (χ3v) is 4.93. The minimum atomic E-state index is 0.796. The van der Waals surface area contributed by atoms with E-state index in [-0.39, 0.29) is 0 Å². The summed E-state index contributed by atoms with van der Waals surface area (Å²) >= 11 is 0. The molecule has 1 fully saturated rings. The largest absolute Gasteiger partial charge is 0.457 e. The second-order valence-electron chi connectivity index (χ2n) is 6.69. The first-order valence-electron chi connectivity index (χ1n) is 8.73. The fourth-order valence-electron chi connectivity index (χ4n) is 3.15. The van der Waals surface area contributed by atoms with Crippen molar-refractivity contribution in [3.63, 3.8) is 0 Å². The van der Waals surface area contributed by atoms with Crippen molar-refractivity contribution in [3.8, 4) is 22.6 Å². The van der Waals surface area contributed by atoms with E-state index in [0.29, 0.717) is 0 Å². The first-order chi connectivity index (χ1) is 11.8. The summed E-state index contributed by atoms with van der Waals surface area (Å²) in [5.74, 6) is 2.54. The first kappa shape index (κ1) is 15.0. The van der Waals surface area contributed by atoms with Gasteiger partial charge < -0.3 is 4.74 Å². The Labute approximate surface area is 143 Å². The molecule has 0 spiro atoms. The van der Waals surface area contributed by atoms with Gasteiger partial charge in [-0.25, -0.2) is 0 Å². The number of hydrogen-bond donors (Lipinski definition) is 0. The molecule has 0 bridgehead atoms. The monoisotopic (exact) mass is 314 g/mol. The molecular formula is C23H22O. The van der Waals surface area contributed by atoms with E-state index in [9.17, 15) is 0 Å². The minimum absolute atomic E-state index is 0.796. The van der Waals surface area contributed by atoms with Crippen molar-refractivity contribution < 1.29 is 4.74 Å². The SMILES string of the molecule is Cc1ccc(Oc2ccc(-c3ccc(C4CCC4)cc3)cc2)cc1. The van der Waals surface area contributed by atoms with Crippen LogP contribution >= 0.6 is 0 Å². The van der Waals surface area contributed by atoms with Gasteiger partial charge in [0.05, 0.1) is 0 Å². The normalized spacial score (nSPS) is 14.2. The summed E-state index contributed by atoms with van der Waals surface area (Å²) in [7, 11) is 0. The van der Waals surface area contributed by atoms with Crippen molar-refractivity contribution in [3.05, 3.63) is 83.9 Å². The average molecular weight is 314 g/mol. The van der Waals surface area contributed by atoms with Crippen molar-refractivity contribution >= 4 is 0 Å². The summed E-state index contributed by atoms with van der Waals surface area (Å²) in [5.41, 5.74) is 5.22. The standard InChI is InChI=1S/C23H22O/c1-17-5-13-22(14-6-17)24-23-15-11-21(12-16-23)20-9-7-19(8-10-20)18-3-2-4-18/h5-16,18H,2-4H2,1H3. The molecule has 1 aliphatic carbocycles. The van der Waals surface area contributed by atoms with Crippen LogP contribution in [0.15, 0.2) is 72.8 Å². The van der Waals surface area contributed by atoms with Crippen LogP contribution in [-0.2, 0) is 0 Å². The van der Waals surface area contributed by atoms with Gasteiger partial charge >= 0.3 is 0 Å². The maximum atomic E-state index is 5.90. The molecule has 4 rings (SSSR count). The van der Waals surface area contributed by atoms with Gasteiger partial charge in [-0.1, -0.05) is 60.5 Å². The van der Waals surface area contributed by atoms with Gasteiger partial charge in [0.2, 0.25) is 0 Å². The van der Waals surface area contributed by atoms with E-state index in [1.54, 1.807) is 0 Å². The van der Waals surface area contributed by atoms with Gasteiger partial charge in [-0.15, -0.1) is 0 Å². The van der Waals surface area contributed by atoms with E-state index < -0.39 is 0 Å². The molecule has 0 saturated heterocycles. The maximum Gasteiger partial charge on any atom is 0.127 e. The highest BCUT2D eigenvalue weighted by atomic mass is 16.5. The molecule has 1 nitrogen and oxygen atoms in total. The molecule has 120 valence electrons. The van der Waals surface area contributed by atoms with Crippen molar-refractivity contribution in [2.24, 2.45) is 0 Å². The Hall–Kier alpha value is -2.54. The third-order valence-electron chi connectivity index (χ3n) is 4.93. The Morgan fingerprint density at radius 3 is 1.67 bits per heavy atom. The Bertz CT molecular complexity index is 794. The Morgan fingerprint density at radius 2 is 1.17 bits per heavy atom. The summed E-state index contributed by atoms with van der Waals surface area (Å²) in [4.78, 5) is 0. The van der Waals surface area contributed by atoms with Gasteiger partial charge in [0.15, 0.2) is 0 Å². The van der Waals surface area contributed by atoms with E-state index in [1.807, 2.05) is 24.3 Å². The average Bonchev–Trinajstić information content (AvgIpc) is 2.57. The molecular weight excluding hydrogens is 292 g/mol. The topological polar surface area (TPSA) is 9.23 Å². The van der Waals surface area contributed by atoms with Crippen LogP contribution in [0.5, 0.6) is 11.5 Å². The Kier molecular flexibility index (Phi) is 4.08. The fourth-order valence-corrected chi connectivity index (χ4v) is 3.15. The number of aryl methyl sites for hydroxylation is 1. The molecule has 1 aliphatic rings. The minimum Gasteiger partial charge on any atom is -0.457 e. The summed E-state index contributed by atoms with van der Waals surface area (Å²) in [5, 5.41) is 0. The lowest BCUT2D eigenvalue weighted by atomic mass is 9.80. The number of benzene rings is 3. The lowest BCUT2D eigenvalue weighted by Crippen LogP contribution is -2.08. The van der Waals surface area contributed by atoms with Gasteiger partial charge in [-0.05, 0) is 66.6 Å². The lowest BCUT2D eigenvalue weighted by Gasteiger charge is -2.25. The molecule has 0 unspecified atom stereocenters. The molecule has 0 radical (unpaired) electrons. The van der Waals surface area contributed by atoms with Gasteiger partial charge in [0.25, 0.3) is 0 Å². The van der Waals surface area contributed by atoms with Gasteiger partial charge in [-0.3, -0.25) is 0 Å². The van der Waals surface area contributed by atoms with E-state index in [2.05, 4.69) is 55.5 Å². The van der Waals surface area contributed by atoms with Crippen LogP contribution in [0, 0.1) is 6.92 Å². The first-order valence-corrected chi connectivity index (χ1v) is 8.73. The fraction of sp³-hybridized carbons (Fsp3) is 0.217. The van der Waals surface area contributed by atoms with Crippen LogP contribution in [0.2, 0.25) is 0 Å². The number of ether oxygens (including phenoxy) is 1. The molecule has 3 aromatic carbocycles. The van der Waals surface area contributed by atoms with Crippen LogP contribution in [-0.4, -0.2) is 0 Å². The highest BCUT2D eigenvalue weighted by Gasteiger charge is 2.18. The molecule has 0 atom stereocenters. The molecule has 0 aliphatic heterocycles. The zero-order valence-electron chi connectivity index (χ0n) is 14.0. The van der Waals surface area contributed by atoms with E-state index >= 15 is 0 Å². The maximum absolute atomic E-state index is 5.90. The Morgan fingerprint density at radius 1 is 0.667 bits per heavy atom. The van der Waals surface area contributed by atoms with Crippen LogP contribution in [0.1, 0.15) is 36.3 Å². The quantitative estimate of drug-likeness (QED) is 0.519. The molecule has 0 heterocycles. The molecule has 0 aromatic heterocycles. The molecule has 0 N–H and O–H groups in total. The van der Waals surface area contributed by atoms with Gasteiger partial charge in [0.1, 0.15) is 11.5 Å². The number of hydrogen-bond acceptors (Lipinski definition) is 1. The van der Waals surface area contributed by atoms with Crippen molar-refractivity contribution in [2.45, 2.75) is 32.1 Å². The Balaban J connectivity index is 1.47. The zero-order chi connectivity index (χ0) is 16.4. The number of rotatable bonds is 4. The summed E-state index contributed by atoms with van der Waals surface area (Å²) in [6.45, 7) is 2.08. The van der Waals surface area contributed by atoms with E-state index in [0.717, 1.165) is 17.4 Å². The second-order valence-corrected chi connectivity index (χ2v) is 6.69. The summed E-state index contributed by atoms with van der Waals surface area (Å²) < 4.78 is 5.90. The summed E-state index contributed by atoms with van der Waals surface area (Å²) in [6, 6.07) is 25.5. The van der Waals surface area contributed by atoms with Crippen LogP contribution in [0.4, 0.5) is 0 Å². The second kappa shape index (κ2) is 6.52. The third kappa shape index (κ3) is 3.21. The van der Waals surface area contributed by atoms with Crippen LogP contribution < -0.4 is 4.74 Å². The molecule has 3 aromatic rings. The van der Waals surface area contributed by atoms with Crippen molar-refractivity contribution in [1.29, 1.82) is 0 Å². The van der Waals surface area contributed by atoms with E-state index in [1.165, 1.54) is 41.5 Å². The summed E-state index contributed by atoms with van der Waals surface area (Å²) in [6.07, 6.45) is 4.09. The molecule has 24 heavy (non-hydrogen) atoms. The lowest BCUT2D eigenvalue weighted by molar-refractivity contribution is 0.420. The highest BCUT2D eigenvalue weighted by molar-refractivity contribution is 5.64. The van der Waals surface area contributed by atoms with Gasteiger partial charge in [0, 0.05) is 0 Å². The predicted molar refractivity (Wildman–Crippen MR) is 99.7 cm³/mol. The van der Waals surface area contributed by atoms with Crippen LogP contribution in [0.3, 0.4) is 0 Å². The molecule has 1 saturated carbocycles. The van der Waals surface area contributed by atoms with Gasteiger partial charge in [-0.2, -0.15) is 0 Å². The van der Waals surface area contributed by atoms with Crippen LogP contribution in [0.25, 0.3) is 11.1 Å². The van der Waals surface area contributed by atoms with Crippen molar-refractivity contribution in [2.75, 3.05) is 0 Å². The van der Waals surface area contributed by atoms with Crippen molar-refractivity contribution in [1.82, 2.24) is 0 Å². The predicted octanol–water partition coefficient (Wildman–Crippen LogP) is 6.72.